The molecule has 0 bridgehead atoms. The van der Waals surface area contributed by atoms with Crippen molar-refractivity contribution in [3.63, 3.8) is 0 Å². The Balaban J connectivity index is 1.81. The number of amides is 2. The number of fused-ring (bicyclic) bond motifs is 1. The quantitative estimate of drug-likeness (QED) is 0.734. The molecular weight excluding hydrogens is 300 g/mol. The lowest BCUT2D eigenvalue weighted by Gasteiger charge is -2.15. The van der Waals surface area contributed by atoms with Gasteiger partial charge >= 0.3 is 6.03 Å². The first kappa shape index (κ1) is 16.7. The van der Waals surface area contributed by atoms with Crippen molar-refractivity contribution in [2.24, 2.45) is 0 Å². The van der Waals surface area contributed by atoms with Gasteiger partial charge in [-0.05, 0) is 30.9 Å². The highest BCUT2D eigenvalue weighted by atomic mass is 32.1. The Morgan fingerprint density at radius 3 is 2.91 bits per heavy atom. The third-order valence-electron chi connectivity index (χ3n) is 3.36. The summed E-state index contributed by atoms with van der Waals surface area (Å²) in [5.41, 5.74) is 0. The van der Waals surface area contributed by atoms with Crippen molar-refractivity contribution in [3.05, 3.63) is 35.2 Å². The summed E-state index contributed by atoms with van der Waals surface area (Å²) in [5.74, 6) is 0. The van der Waals surface area contributed by atoms with E-state index in [4.69, 9.17) is 4.74 Å². The molecule has 120 valence electrons. The lowest BCUT2D eigenvalue weighted by atomic mass is 10.2. The number of aliphatic hydroxyl groups excluding tert-OH is 1. The van der Waals surface area contributed by atoms with Crippen LogP contribution in [0.2, 0.25) is 0 Å². The molecule has 1 aromatic carbocycles. The summed E-state index contributed by atoms with van der Waals surface area (Å²) >= 11 is 1.54. The molecule has 2 atom stereocenters. The molecule has 22 heavy (non-hydrogen) atoms. The number of hydrogen-bond acceptors (Lipinski definition) is 4. The number of carbonyl (C=O) groups excluding carboxylic acids is 1. The van der Waals surface area contributed by atoms with Crippen LogP contribution in [0.1, 0.15) is 24.3 Å². The van der Waals surface area contributed by atoms with Crippen LogP contribution in [-0.4, -0.2) is 37.4 Å². The maximum Gasteiger partial charge on any atom is 0.315 e. The number of carbonyl (C=O) groups is 1. The zero-order valence-corrected chi connectivity index (χ0v) is 13.7. The van der Waals surface area contributed by atoms with E-state index in [1.54, 1.807) is 18.4 Å². The minimum atomic E-state index is -0.697. The second kappa shape index (κ2) is 8.12. The van der Waals surface area contributed by atoms with Gasteiger partial charge in [0.15, 0.2) is 0 Å². The first-order valence-corrected chi connectivity index (χ1v) is 8.11. The molecule has 0 fully saturated rings. The van der Waals surface area contributed by atoms with E-state index in [1.807, 2.05) is 37.3 Å². The van der Waals surface area contributed by atoms with Crippen molar-refractivity contribution in [3.8, 4) is 0 Å². The van der Waals surface area contributed by atoms with Gasteiger partial charge in [0.25, 0.3) is 0 Å². The Hall–Kier alpha value is -1.63. The molecule has 0 spiro atoms. The molecule has 0 aliphatic heterocycles. The fraction of sp³-hybridized carbons (Fsp3) is 0.438. The van der Waals surface area contributed by atoms with Crippen LogP contribution in [0.15, 0.2) is 30.3 Å². The van der Waals surface area contributed by atoms with Gasteiger partial charge in [0.2, 0.25) is 0 Å². The monoisotopic (exact) mass is 322 g/mol. The summed E-state index contributed by atoms with van der Waals surface area (Å²) in [4.78, 5) is 12.6. The molecule has 0 radical (unpaired) electrons. The van der Waals surface area contributed by atoms with Crippen LogP contribution in [0, 0.1) is 0 Å². The number of rotatable bonds is 7. The predicted molar refractivity (Wildman–Crippen MR) is 89.3 cm³/mol. The fourth-order valence-electron chi connectivity index (χ4n) is 2.10. The molecule has 6 heteroatoms. The number of nitrogens with one attached hydrogen (secondary N) is 2. The van der Waals surface area contributed by atoms with Gasteiger partial charge < -0.3 is 20.5 Å². The van der Waals surface area contributed by atoms with E-state index in [0.29, 0.717) is 6.61 Å². The van der Waals surface area contributed by atoms with E-state index in [9.17, 15) is 9.90 Å². The second-order valence-electron chi connectivity index (χ2n) is 5.24. The molecule has 0 saturated carbocycles. The predicted octanol–water partition coefficient (Wildman–Crippen LogP) is 2.66. The highest BCUT2D eigenvalue weighted by molar-refractivity contribution is 7.19. The average Bonchev–Trinajstić information content (AvgIpc) is 2.94. The van der Waals surface area contributed by atoms with Crippen LogP contribution in [0.5, 0.6) is 0 Å². The van der Waals surface area contributed by atoms with Gasteiger partial charge in [-0.3, -0.25) is 0 Å². The van der Waals surface area contributed by atoms with Crippen molar-refractivity contribution >= 4 is 27.5 Å². The van der Waals surface area contributed by atoms with Crippen LogP contribution in [0.3, 0.4) is 0 Å². The maximum absolute atomic E-state index is 11.8. The number of thiophene rings is 1. The number of ether oxygens (including phenoxy) is 1. The van der Waals surface area contributed by atoms with Gasteiger partial charge in [-0.15, -0.1) is 11.3 Å². The zero-order valence-electron chi connectivity index (χ0n) is 12.8. The summed E-state index contributed by atoms with van der Waals surface area (Å²) in [7, 11) is 1.63. The third kappa shape index (κ3) is 4.69. The first-order chi connectivity index (χ1) is 10.6. The van der Waals surface area contributed by atoms with E-state index in [-0.39, 0.29) is 18.6 Å². The van der Waals surface area contributed by atoms with Gasteiger partial charge in [0.05, 0.1) is 6.54 Å². The lowest BCUT2D eigenvalue weighted by Crippen LogP contribution is -2.42. The number of urea groups is 1. The van der Waals surface area contributed by atoms with Crippen molar-refractivity contribution < 1.29 is 14.6 Å². The number of aliphatic hydroxyl groups is 1. The number of hydrogen-bond donors (Lipinski definition) is 3. The number of benzene rings is 1. The standard InChI is InChI=1S/C16H22N2O3S/c1-11(7-8-21-2)18-16(20)17-10-13(19)15-9-12-5-3-4-6-14(12)22-15/h3-6,9,11,13,19H,7-8,10H2,1-2H3,(H2,17,18,20). The van der Waals surface area contributed by atoms with Gasteiger partial charge in [-0.1, -0.05) is 18.2 Å². The highest BCUT2D eigenvalue weighted by Crippen LogP contribution is 2.29. The van der Waals surface area contributed by atoms with Crippen LogP contribution in [0.25, 0.3) is 10.1 Å². The molecule has 1 heterocycles. The third-order valence-corrected chi connectivity index (χ3v) is 4.58. The van der Waals surface area contributed by atoms with Gasteiger partial charge in [-0.25, -0.2) is 4.79 Å². The van der Waals surface area contributed by atoms with E-state index in [0.717, 1.165) is 21.4 Å². The largest absolute Gasteiger partial charge is 0.386 e. The maximum atomic E-state index is 11.8. The number of methoxy groups -OCH3 is 1. The molecule has 0 saturated heterocycles. The Labute approximate surface area is 134 Å². The van der Waals surface area contributed by atoms with Crippen molar-refractivity contribution in [1.82, 2.24) is 10.6 Å². The van der Waals surface area contributed by atoms with Gasteiger partial charge in [0.1, 0.15) is 6.10 Å². The molecular formula is C16H22N2O3S. The van der Waals surface area contributed by atoms with Crippen molar-refractivity contribution in [2.45, 2.75) is 25.5 Å². The lowest BCUT2D eigenvalue weighted by molar-refractivity contribution is 0.172. The van der Waals surface area contributed by atoms with Crippen LogP contribution in [-0.2, 0) is 4.74 Å². The molecule has 3 N–H and O–H groups in total. The van der Waals surface area contributed by atoms with Crippen LogP contribution in [0.4, 0.5) is 4.79 Å². The Kier molecular flexibility index (Phi) is 6.18. The summed E-state index contributed by atoms with van der Waals surface area (Å²) in [6.45, 7) is 2.71. The van der Waals surface area contributed by atoms with Gasteiger partial charge in [-0.2, -0.15) is 0 Å². The fourth-order valence-corrected chi connectivity index (χ4v) is 3.15. The topological polar surface area (TPSA) is 70.6 Å². The highest BCUT2D eigenvalue weighted by Gasteiger charge is 2.13. The summed E-state index contributed by atoms with van der Waals surface area (Å²) < 4.78 is 6.10. The molecule has 0 aliphatic carbocycles. The van der Waals surface area contributed by atoms with Crippen LogP contribution >= 0.6 is 11.3 Å². The van der Waals surface area contributed by atoms with E-state index >= 15 is 0 Å². The summed E-state index contributed by atoms with van der Waals surface area (Å²) in [5, 5.41) is 16.8. The Morgan fingerprint density at radius 2 is 2.18 bits per heavy atom. The molecule has 2 unspecified atom stereocenters. The molecule has 2 amide bonds. The molecule has 1 aromatic heterocycles. The van der Waals surface area contributed by atoms with Crippen LogP contribution < -0.4 is 10.6 Å². The minimum absolute atomic E-state index is 0.0291. The van der Waals surface area contributed by atoms with E-state index < -0.39 is 6.10 Å². The molecule has 5 nitrogen and oxygen atoms in total. The Bertz CT molecular complexity index is 581. The molecule has 2 rings (SSSR count). The smallest absolute Gasteiger partial charge is 0.315 e. The molecule has 2 aromatic rings. The Morgan fingerprint density at radius 1 is 1.41 bits per heavy atom. The van der Waals surface area contributed by atoms with E-state index in [1.165, 1.54) is 0 Å². The van der Waals surface area contributed by atoms with Crippen molar-refractivity contribution in [1.29, 1.82) is 0 Å². The molecule has 0 aliphatic rings. The SMILES string of the molecule is COCCC(C)NC(=O)NCC(O)c1cc2ccccc2s1. The zero-order chi connectivity index (χ0) is 15.9. The summed E-state index contributed by atoms with van der Waals surface area (Å²) in [6, 6.07) is 9.70. The summed E-state index contributed by atoms with van der Waals surface area (Å²) in [6.07, 6.45) is 0.0559. The second-order valence-corrected chi connectivity index (χ2v) is 6.35. The van der Waals surface area contributed by atoms with E-state index in [2.05, 4.69) is 10.6 Å². The minimum Gasteiger partial charge on any atom is -0.386 e. The van der Waals surface area contributed by atoms with Gasteiger partial charge in [0, 0.05) is 29.3 Å². The first-order valence-electron chi connectivity index (χ1n) is 7.30. The van der Waals surface area contributed by atoms with Crippen molar-refractivity contribution in [2.75, 3.05) is 20.3 Å². The normalized spacial score (nSPS) is 13.8. The average molecular weight is 322 g/mol.